The number of halogens is 3. The molecule has 2 rings (SSSR count). The summed E-state index contributed by atoms with van der Waals surface area (Å²) in [5.41, 5.74) is -3.12. The van der Waals surface area contributed by atoms with Crippen LogP contribution in [0.3, 0.4) is 0 Å². The molecule has 5 heteroatoms. The lowest BCUT2D eigenvalue weighted by Gasteiger charge is -2.23. The van der Waals surface area contributed by atoms with Crippen LogP contribution in [0.4, 0.5) is 13.2 Å². The van der Waals surface area contributed by atoms with Gasteiger partial charge in [-0.1, -0.05) is 18.6 Å². The van der Waals surface area contributed by atoms with Crippen LogP contribution >= 0.6 is 11.8 Å². The van der Waals surface area contributed by atoms with Gasteiger partial charge < -0.3 is 5.32 Å². The van der Waals surface area contributed by atoms with E-state index in [0.29, 0.717) is 6.04 Å². The molecule has 94 valence electrons. The Balaban J connectivity index is 2.02. The van der Waals surface area contributed by atoms with Crippen LogP contribution in [0.1, 0.15) is 30.9 Å². The van der Waals surface area contributed by atoms with Gasteiger partial charge in [-0.25, -0.2) is 0 Å². The third-order valence-corrected chi connectivity index (χ3v) is 3.57. The highest BCUT2D eigenvalue weighted by Gasteiger charge is 2.29. The molecule has 1 aromatic rings. The van der Waals surface area contributed by atoms with Crippen LogP contribution in [-0.2, 0) is 0 Å². The summed E-state index contributed by atoms with van der Waals surface area (Å²) in [4.78, 5) is 0.247. The summed E-state index contributed by atoms with van der Waals surface area (Å²) in [6.45, 7) is 0.990. The number of benzene rings is 1. The molecule has 1 N–H and O–H groups in total. The Labute approximate surface area is 103 Å². The molecular formula is C12H14F3NS. The maximum Gasteiger partial charge on any atom is 0.446 e. The number of thioether (sulfide) groups is 1. The number of hydrogen-bond donors (Lipinski definition) is 1. The van der Waals surface area contributed by atoms with Crippen molar-refractivity contribution in [3.63, 3.8) is 0 Å². The van der Waals surface area contributed by atoms with Crippen LogP contribution in [0.2, 0.25) is 0 Å². The van der Waals surface area contributed by atoms with E-state index >= 15 is 0 Å². The molecule has 1 atom stereocenters. The van der Waals surface area contributed by atoms with Crippen LogP contribution in [0, 0.1) is 0 Å². The van der Waals surface area contributed by atoms with Gasteiger partial charge in [0.05, 0.1) is 0 Å². The molecule has 1 aliphatic rings. The Bertz CT molecular complexity index is 355. The van der Waals surface area contributed by atoms with Gasteiger partial charge in [-0.2, -0.15) is 13.2 Å². The van der Waals surface area contributed by atoms with Crippen molar-refractivity contribution in [2.24, 2.45) is 0 Å². The second-order valence-electron chi connectivity index (χ2n) is 4.12. The predicted molar refractivity (Wildman–Crippen MR) is 62.9 cm³/mol. The second kappa shape index (κ2) is 5.31. The zero-order chi connectivity index (χ0) is 12.3. The molecule has 0 spiro atoms. The van der Waals surface area contributed by atoms with Gasteiger partial charge in [0, 0.05) is 10.9 Å². The van der Waals surface area contributed by atoms with Crippen LogP contribution in [0.25, 0.3) is 0 Å². The Morgan fingerprint density at radius 2 is 1.82 bits per heavy atom. The standard InChI is InChI=1S/C12H14F3NS/c13-12(14,15)17-10-6-4-9(5-7-10)11-3-1-2-8-16-11/h4-7,11,16H,1-3,8H2. The van der Waals surface area contributed by atoms with Crippen molar-refractivity contribution < 1.29 is 13.2 Å². The lowest BCUT2D eigenvalue weighted by molar-refractivity contribution is -0.0328. The first-order valence-electron chi connectivity index (χ1n) is 5.64. The van der Waals surface area contributed by atoms with Crippen molar-refractivity contribution in [1.29, 1.82) is 0 Å². The zero-order valence-corrected chi connectivity index (χ0v) is 10.1. The van der Waals surface area contributed by atoms with Crippen LogP contribution in [0.15, 0.2) is 29.2 Å². The van der Waals surface area contributed by atoms with Crippen molar-refractivity contribution in [2.45, 2.75) is 35.7 Å². The minimum absolute atomic E-state index is 0.0643. The van der Waals surface area contributed by atoms with Gasteiger partial charge in [-0.15, -0.1) is 0 Å². The minimum atomic E-state index is -4.20. The Hall–Kier alpha value is -0.680. The predicted octanol–water partition coefficient (Wildman–Crippen LogP) is 4.11. The quantitative estimate of drug-likeness (QED) is 0.804. The van der Waals surface area contributed by atoms with E-state index in [9.17, 15) is 13.2 Å². The highest BCUT2D eigenvalue weighted by Crippen LogP contribution is 2.37. The van der Waals surface area contributed by atoms with Crippen LogP contribution in [0.5, 0.6) is 0 Å². The lowest BCUT2D eigenvalue weighted by Crippen LogP contribution is -2.26. The maximum absolute atomic E-state index is 12.1. The monoisotopic (exact) mass is 261 g/mol. The molecule has 1 nitrogen and oxygen atoms in total. The molecule has 0 amide bonds. The lowest BCUT2D eigenvalue weighted by atomic mass is 9.98. The van der Waals surface area contributed by atoms with Gasteiger partial charge >= 0.3 is 5.51 Å². The number of alkyl halides is 3. The maximum atomic E-state index is 12.1. The molecule has 0 radical (unpaired) electrons. The number of rotatable bonds is 2. The van der Waals surface area contributed by atoms with Crippen LogP contribution in [-0.4, -0.2) is 12.1 Å². The smallest absolute Gasteiger partial charge is 0.310 e. The number of hydrogen-bond acceptors (Lipinski definition) is 2. The summed E-state index contributed by atoms with van der Waals surface area (Å²) in [5.74, 6) is 0. The number of piperidine rings is 1. The molecule has 1 unspecified atom stereocenters. The van der Waals surface area contributed by atoms with E-state index < -0.39 is 5.51 Å². The molecule has 1 aromatic carbocycles. The van der Waals surface area contributed by atoms with Crippen molar-refractivity contribution in [3.8, 4) is 0 Å². The average molecular weight is 261 g/mol. The van der Waals surface area contributed by atoms with Gasteiger partial charge in [0.25, 0.3) is 0 Å². The van der Waals surface area contributed by atoms with Gasteiger partial charge in [0.15, 0.2) is 0 Å². The first-order chi connectivity index (χ1) is 8.04. The summed E-state index contributed by atoms with van der Waals surface area (Å²) >= 11 is -0.0643. The first-order valence-corrected chi connectivity index (χ1v) is 6.45. The van der Waals surface area contributed by atoms with Gasteiger partial charge in [-0.05, 0) is 48.8 Å². The fourth-order valence-corrected chi connectivity index (χ4v) is 2.58. The molecular weight excluding hydrogens is 247 g/mol. The van der Waals surface area contributed by atoms with Crippen molar-refractivity contribution in [1.82, 2.24) is 5.32 Å². The summed E-state index contributed by atoms with van der Waals surface area (Å²) in [5, 5.41) is 3.37. The van der Waals surface area contributed by atoms with E-state index in [1.165, 1.54) is 12.8 Å². The highest BCUT2D eigenvalue weighted by atomic mass is 32.2. The molecule has 1 saturated heterocycles. The SMILES string of the molecule is FC(F)(F)Sc1ccc(C2CCCCN2)cc1. The summed E-state index contributed by atoms with van der Waals surface area (Å²) in [7, 11) is 0. The fraction of sp³-hybridized carbons (Fsp3) is 0.500. The largest absolute Gasteiger partial charge is 0.446 e. The molecule has 0 aliphatic carbocycles. The Morgan fingerprint density at radius 1 is 1.12 bits per heavy atom. The van der Waals surface area contributed by atoms with E-state index in [4.69, 9.17) is 0 Å². The summed E-state index contributed by atoms with van der Waals surface area (Å²) in [6, 6.07) is 6.97. The van der Waals surface area contributed by atoms with Crippen molar-refractivity contribution in [3.05, 3.63) is 29.8 Å². The summed E-state index contributed by atoms with van der Waals surface area (Å²) < 4.78 is 36.4. The van der Waals surface area contributed by atoms with E-state index in [0.717, 1.165) is 18.5 Å². The normalized spacial score (nSPS) is 21.5. The topological polar surface area (TPSA) is 12.0 Å². The summed E-state index contributed by atoms with van der Waals surface area (Å²) in [6.07, 6.45) is 3.42. The molecule has 1 fully saturated rings. The Morgan fingerprint density at radius 3 is 2.35 bits per heavy atom. The molecule has 17 heavy (non-hydrogen) atoms. The fourth-order valence-electron chi connectivity index (χ4n) is 2.04. The van der Waals surface area contributed by atoms with E-state index in [1.54, 1.807) is 24.3 Å². The number of nitrogens with one attached hydrogen (secondary N) is 1. The van der Waals surface area contributed by atoms with E-state index in [-0.39, 0.29) is 16.7 Å². The van der Waals surface area contributed by atoms with Gasteiger partial charge in [0.1, 0.15) is 0 Å². The van der Waals surface area contributed by atoms with Crippen molar-refractivity contribution in [2.75, 3.05) is 6.54 Å². The third-order valence-electron chi connectivity index (χ3n) is 2.83. The zero-order valence-electron chi connectivity index (χ0n) is 9.26. The molecule has 0 saturated carbocycles. The average Bonchev–Trinajstić information content (AvgIpc) is 2.29. The molecule has 0 bridgehead atoms. The minimum Gasteiger partial charge on any atom is -0.310 e. The highest BCUT2D eigenvalue weighted by molar-refractivity contribution is 8.00. The van der Waals surface area contributed by atoms with E-state index in [1.807, 2.05) is 0 Å². The second-order valence-corrected chi connectivity index (χ2v) is 5.26. The van der Waals surface area contributed by atoms with Gasteiger partial charge in [0.2, 0.25) is 0 Å². The van der Waals surface area contributed by atoms with E-state index in [2.05, 4.69) is 5.32 Å². The van der Waals surface area contributed by atoms with Gasteiger partial charge in [-0.3, -0.25) is 0 Å². The first kappa shape index (κ1) is 12.8. The molecule has 1 aliphatic heterocycles. The molecule has 1 heterocycles. The van der Waals surface area contributed by atoms with Crippen molar-refractivity contribution >= 4 is 11.8 Å². The third kappa shape index (κ3) is 3.92. The Kier molecular flexibility index (Phi) is 3.99. The molecule has 0 aromatic heterocycles. The van der Waals surface area contributed by atoms with Crippen LogP contribution < -0.4 is 5.32 Å².